The maximum absolute atomic E-state index is 9.14. The number of nitrogens with zero attached hydrogens (tertiary/aromatic N) is 3. The standard InChI is InChI=1S/C10H18N4O2/c11-4-3-9-12-13-10(16-9)14-5-1-2-8(6-14)7-15/h8,15H,1-7,11H2. The van der Waals surface area contributed by atoms with E-state index in [1.165, 1.54) is 0 Å². The van der Waals surface area contributed by atoms with Gasteiger partial charge in [-0.15, -0.1) is 5.10 Å². The van der Waals surface area contributed by atoms with Gasteiger partial charge in [-0.2, -0.15) is 0 Å². The lowest BCUT2D eigenvalue weighted by Crippen LogP contribution is -2.37. The second-order valence-corrected chi connectivity index (χ2v) is 4.15. The lowest BCUT2D eigenvalue weighted by molar-refractivity contribution is 0.206. The van der Waals surface area contributed by atoms with Gasteiger partial charge in [-0.1, -0.05) is 5.10 Å². The fourth-order valence-corrected chi connectivity index (χ4v) is 1.98. The average Bonchev–Trinajstić information content (AvgIpc) is 2.78. The minimum absolute atomic E-state index is 0.223. The molecule has 1 atom stereocenters. The van der Waals surface area contributed by atoms with Crippen molar-refractivity contribution in [1.82, 2.24) is 10.2 Å². The molecule has 2 heterocycles. The normalized spacial score (nSPS) is 21.4. The van der Waals surface area contributed by atoms with Gasteiger partial charge in [0.2, 0.25) is 5.89 Å². The van der Waals surface area contributed by atoms with E-state index in [1.807, 2.05) is 4.90 Å². The molecule has 0 aliphatic carbocycles. The number of aliphatic hydroxyl groups excluding tert-OH is 1. The smallest absolute Gasteiger partial charge is 0.318 e. The van der Waals surface area contributed by atoms with Crippen molar-refractivity contribution in [2.75, 3.05) is 31.1 Å². The Balaban J connectivity index is 1.99. The van der Waals surface area contributed by atoms with Crippen molar-refractivity contribution in [2.24, 2.45) is 11.7 Å². The molecule has 6 nitrogen and oxygen atoms in total. The van der Waals surface area contributed by atoms with Crippen LogP contribution in [0.4, 0.5) is 6.01 Å². The molecule has 1 saturated heterocycles. The van der Waals surface area contributed by atoms with Crippen molar-refractivity contribution in [3.05, 3.63) is 5.89 Å². The first-order valence-corrected chi connectivity index (χ1v) is 5.71. The largest absolute Gasteiger partial charge is 0.408 e. The van der Waals surface area contributed by atoms with Crippen LogP contribution in [0.1, 0.15) is 18.7 Å². The number of rotatable bonds is 4. The zero-order valence-electron chi connectivity index (χ0n) is 9.30. The van der Waals surface area contributed by atoms with Gasteiger partial charge in [-0.3, -0.25) is 0 Å². The van der Waals surface area contributed by atoms with E-state index in [-0.39, 0.29) is 6.61 Å². The molecular weight excluding hydrogens is 208 g/mol. The van der Waals surface area contributed by atoms with Gasteiger partial charge in [0, 0.05) is 32.7 Å². The van der Waals surface area contributed by atoms with Crippen molar-refractivity contribution in [3.8, 4) is 0 Å². The maximum Gasteiger partial charge on any atom is 0.318 e. The number of aliphatic hydroxyl groups is 1. The van der Waals surface area contributed by atoms with Crippen molar-refractivity contribution in [2.45, 2.75) is 19.3 Å². The maximum atomic E-state index is 9.14. The lowest BCUT2D eigenvalue weighted by Gasteiger charge is -2.30. The van der Waals surface area contributed by atoms with E-state index in [1.54, 1.807) is 0 Å². The highest BCUT2D eigenvalue weighted by Crippen LogP contribution is 2.21. The summed E-state index contributed by atoms with van der Waals surface area (Å²) in [6.45, 7) is 2.45. The minimum atomic E-state index is 0.223. The van der Waals surface area contributed by atoms with Gasteiger partial charge in [-0.25, -0.2) is 0 Å². The SMILES string of the molecule is NCCc1nnc(N2CCCC(CO)C2)o1. The molecule has 0 saturated carbocycles. The molecule has 0 radical (unpaired) electrons. The van der Waals surface area contributed by atoms with Gasteiger partial charge >= 0.3 is 6.01 Å². The van der Waals surface area contributed by atoms with Crippen molar-refractivity contribution < 1.29 is 9.52 Å². The Kier molecular flexibility index (Phi) is 3.74. The number of hydrogen-bond donors (Lipinski definition) is 2. The van der Waals surface area contributed by atoms with Gasteiger partial charge in [0.15, 0.2) is 0 Å². The lowest BCUT2D eigenvalue weighted by atomic mass is 10.00. The van der Waals surface area contributed by atoms with Crippen LogP contribution in [0.3, 0.4) is 0 Å². The van der Waals surface area contributed by atoms with Crippen molar-refractivity contribution in [3.63, 3.8) is 0 Å². The third-order valence-corrected chi connectivity index (χ3v) is 2.86. The van der Waals surface area contributed by atoms with Gasteiger partial charge in [0.25, 0.3) is 0 Å². The van der Waals surface area contributed by atoms with E-state index >= 15 is 0 Å². The highest BCUT2D eigenvalue weighted by molar-refractivity contribution is 5.25. The van der Waals surface area contributed by atoms with Gasteiger partial charge in [0.1, 0.15) is 0 Å². The quantitative estimate of drug-likeness (QED) is 0.738. The Bertz CT molecular complexity index is 328. The first-order chi connectivity index (χ1) is 7.83. The average molecular weight is 226 g/mol. The first kappa shape index (κ1) is 11.3. The molecule has 0 aromatic carbocycles. The summed E-state index contributed by atoms with van der Waals surface area (Å²) in [5.41, 5.74) is 5.42. The fraction of sp³-hybridized carbons (Fsp3) is 0.800. The molecule has 16 heavy (non-hydrogen) atoms. The van der Waals surface area contributed by atoms with E-state index in [9.17, 15) is 0 Å². The summed E-state index contributed by atoms with van der Waals surface area (Å²) in [4.78, 5) is 2.04. The molecule has 6 heteroatoms. The highest BCUT2D eigenvalue weighted by Gasteiger charge is 2.22. The van der Waals surface area contributed by atoms with E-state index < -0.39 is 0 Å². The van der Waals surface area contributed by atoms with Crippen LogP contribution < -0.4 is 10.6 Å². The Hall–Kier alpha value is -1.14. The molecule has 0 amide bonds. The molecule has 90 valence electrons. The van der Waals surface area contributed by atoms with Crippen LogP contribution in [-0.4, -0.2) is 41.5 Å². The summed E-state index contributed by atoms with van der Waals surface area (Å²) in [5, 5.41) is 17.1. The first-order valence-electron chi connectivity index (χ1n) is 5.71. The number of aromatic nitrogens is 2. The number of piperidine rings is 1. The number of hydrogen-bond acceptors (Lipinski definition) is 6. The predicted molar refractivity (Wildman–Crippen MR) is 59.1 cm³/mol. The van der Waals surface area contributed by atoms with Crippen LogP contribution in [-0.2, 0) is 6.42 Å². The summed E-state index contributed by atoms with van der Waals surface area (Å²) in [6, 6.07) is 0.557. The van der Waals surface area contributed by atoms with Gasteiger partial charge < -0.3 is 20.2 Å². The van der Waals surface area contributed by atoms with Crippen molar-refractivity contribution in [1.29, 1.82) is 0 Å². The van der Waals surface area contributed by atoms with E-state index in [0.717, 1.165) is 25.9 Å². The summed E-state index contributed by atoms with van der Waals surface area (Å²) < 4.78 is 5.50. The van der Waals surface area contributed by atoms with E-state index in [4.69, 9.17) is 15.3 Å². The van der Waals surface area contributed by atoms with Crippen LogP contribution in [0.25, 0.3) is 0 Å². The molecule has 2 rings (SSSR count). The monoisotopic (exact) mass is 226 g/mol. The zero-order valence-corrected chi connectivity index (χ0v) is 9.30. The second-order valence-electron chi connectivity index (χ2n) is 4.15. The van der Waals surface area contributed by atoms with Crippen LogP contribution in [0, 0.1) is 5.92 Å². The topological polar surface area (TPSA) is 88.4 Å². The van der Waals surface area contributed by atoms with Crippen LogP contribution in [0.2, 0.25) is 0 Å². The number of anilines is 1. The zero-order chi connectivity index (χ0) is 11.4. The Morgan fingerprint density at radius 1 is 1.50 bits per heavy atom. The van der Waals surface area contributed by atoms with Crippen LogP contribution >= 0.6 is 0 Å². The van der Waals surface area contributed by atoms with E-state index in [0.29, 0.717) is 30.8 Å². The molecule has 1 aliphatic heterocycles. The molecular formula is C10H18N4O2. The summed E-state index contributed by atoms with van der Waals surface area (Å²) in [7, 11) is 0. The third kappa shape index (κ3) is 2.51. The Morgan fingerprint density at radius 3 is 3.12 bits per heavy atom. The molecule has 1 unspecified atom stereocenters. The summed E-state index contributed by atoms with van der Waals surface area (Å²) in [5.74, 6) is 0.905. The van der Waals surface area contributed by atoms with Crippen LogP contribution in [0.5, 0.6) is 0 Å². The molecule has 1 fully saturated rings. The Morgan fingerprint density at radius 2 is 2.38 bits per heavy atom. The Labute approximate surface area is 94.4 Å². The van der Waals surface area contributed by atoms with Gasteiger partial charge in [-0.05, 0) is 18.8 Å². The molecule has 1 aromatic rings. The van der Waals surface area contributed by atoms with Crippen molar-refractivity contribution >= 4 is 6.01 Å². The van der Waals surface area contributed by atoms with E-state index in [2.05, 4.69) is 10.2 Å². The second kappa shape index (κ2) is 5.27. The summed E-state index contributed by atoms with van der Waals surface area (Å²) in [6.07, 6.45) is 2.74. The fourth-order valence-electron chi connectivity index (χ4n) is 1.98. The van der Waals surface area contributed by atoms with Gasteiger partial charge in [0.05, 0.1) is 0 Å². The summed E-state index contributed by atoms with van der Waals surface area (Å²) >= 11 is 0. The molecule has 0 bridgehead atoms. The third-order valence-electron chi connectivity index (χ3n) is 2.86. The molecule has 0 spiro atoms. The molecule has 1 aromatic heterocycles. The number of nitrogens with two attached hydrogens (primary N) is 1. The van der Waals surface area contributed by atoms with Crippen LogP contribution in [0.15, 0.2) is 4.42 Å². The molecule has 1 aliphatic rings. The minimum Gasteiger partial charge on any atom is -0.408 e. The highest BCUT2D eigenvalue weighted by atomic mass is 16.4. The predicted octanol–water partition coefficient (Wildman–Crippen LogP) is -0.221. The molecule has 3 N–H and O–H groups in total.